The van der Waals surface area contributed by atoms with E-state index < -0.39 is 0 Å². The molecule has 1 saturated heterocycles. The van der Waals surface area contributed by atoms with Gasteiger partial charge in [0.1, 0.15) is 0 Å². The Bertz CT molecular complexity index is 560. The van der Waals surface area contributed by atoms with Gasteiger partial charge in [0, 0.05) is 19.0 Å². The van der Waals surface area contributed by atoms with Crippen LogP contribution < -0.4 is 10.2 Å². The minimum Gasteiger partial charge on any atom is -0.469 e. The normalized spacial score (nSPS) is 21.2. The summed E-state index contributed by atoms with van der Waals surface area (Å²) in [6.07, 6.45) is 2.89. The molecule has 0 aromatic carbocycles. The Balaban J connectivity index is 1.82. The summed E-state index contributed by atoms with van der Waals surface area (Å²) in [5.41, 5.74) is 0. The lowest BCUT2D eigenvalue weighted by molar-refractivity contribution is -0.897. The van der Waals surface area contributed by atoms with Crippen molar-refractivity contribution in [3.05, 3.63) is 22.3 Å². The predicted molar refractivity (Wildman–Crippen MR) is 83.2 cm³/mol. The van der Waals surface area contributed by atoms with Crippen LogP contribution in [0.15, 0.2) is 12.3 Å². The van der Waals surface area contributed by atoms with Gasteiger partial charge in [0.2, 0.25) is 0 Å². The van der Waals surface area contributed by atoms with E-state index in [1.54, 1.807) is 0 Å². The zero-order valence-corrected chi connectivity index (χ0v) is 13.7. The fourth-order valence-corrected chi connectivity index (χ4v) is 2.94. The van der Waals surface area contributed by atoms with E-state index in [9.17, 15) is 9.59 Å². The average molecular weight is 347 g/mol. The summed E-state index contributed by atoms with van der Waals surface area (Å²) in [5.74, 6) is -0.0759. The molecule has 0 radical (unpaired) electrons. The van der Waals surface area contributed by atoms with Gasteiger partial charge in [0.25, 0.3) is 5.91 Å². The Morgan fingerprint density at radius 1 is 1.41 bits per heavy atom. The van der Waals surface area contributed by atoms with E-state index in [0.29, 0.717) is 22.4 Å². The van der Waals surface area contributed by atoms with Gasteiger partial charge < -0.3 is 15.0 Å². The van der Waals surface area contributed by atoms with Gasteiger partial charge in [-0.3, -0.25) is 9.59 Å². The molecule has 2 heterocycles. The van der Waals surface area contributed by atoms with E-state index in [2.05, 4.69) is 10.3 Å². The van der Waals surface area contributed by atoms with Crippen molar-refractivity contribution in [2.24, 2.45) is 5.92 Å². The number of hydrogen-bond acceptors (Lipinski definition) is 4. The number of methoxy groups -OCH3 is 1. The lowest BCUT2D eigenvalue weighted by Crippen LogP contribution is -3.14. The Morgan fingerprint density at radius 3 is 2.68 bits per heavy atom. The van der Waals surface area contributed by atoms with Crippen molar-refractivity contribution in [1.82, 2.24) is 4.98 Å². The van der Waals surface area contributed by atoms with Crippen LogP contribution in [0.3, 0.4) is 0 Å². The third kappa shape index (κ3) is 4.56. The Hall–Kier alpha value is -1.37. The van der Waals surface area contributed by atoms with Crippen molar-refractivity contribution in [3.63, 3.8) is 0 Å². The maximum Gasteiger partial charge on any atom is 0.309 e. The topological polar surface area (TPSA) is 72.7 Å². The average Bonchev–Trinajstić information content (AvgIpc) is 2.50. The molecular formula is C14H18Cl2N3O3+. The predicted octanol–water partition coefficient (Wildman–Crippen LogP) is 0.795. The fraction of sp³-hybridized carbons (Fsp3) is 0.500. The molecule has 1 aliphatic heterocycles. The van der Waals surface area contributed by atoms with Crippen LogP contribution in [-0.2, 0) is 14.3 Å². The monoisotopic (exact) mass is 346 g/mol. The molecule has 0 bridgehead atoms. The Morgan fingerprint density at radius 2 is 2.09 bits per heavy atom. The van der Waals surface area contributed by atoms with Gasteiger partial charge in [-0.15, -0.1) is 0 Å². The highest BCUT2D eigenvalue weighted by molar-refractivity contribution is 6.36. The molecule has 2 N–H and O–H groups in total. The maximum absolute atomic E-state index is 12.0. The Kier molecular flexibility index (Phi) is 5.99. The number of piperidine rings is 1. The van der Waals surface area contributed by atoms with E-state index >= 15 is 0 Å². The summed E-state index contributed by atoms with van der Waals surface area (Å²) in [5, 5.41) is 3.40. The first kappa shape index (κ1) is 17.0. The number of nitrogens with zero attached hydrogens (tertiary/aromatic N) is 1. The van der Waals surface area contributed by atoms with E-state index in [1.807, 2.05) is 0 Å². The highest BCUT2D eigenvalue weighted by Gasteiger charge is 2.29. The first-order valence-electron chi connectivity index (χ1n) is 7.02. The number of rotatable bonds is 4. The molecular weight excluding hydrogens is 329 g/mol. The first-order chi connectivity index (χ1) is 10.5. The van der Waals surface area contributed by atoms with Crippen LogP contribution in [0.1, 0.15) is 12.8 Å². The number of esters is 1. The van der Waals surface area contributed by atoms with Crippen molar-refractivity contribution in [3.8, 4) is 0 Å². The van der Waals surface area contributed by atoms with Gasteiger partial charge in [0.15, 0.2) is 12.4 Å². The van der Waals surface area contributed by atoms with Gasteiger partial charge in [-0.05, 0) is 6.07 Å². The molecule has 1 fully saturated rings. The van der Waals surface area contributed by atoms with E-state index in [1.165, 1.54) is 19.4 Å². The number of aromatic nitrogens is 1. The van der Waals surface area contributed by atoms with Gasteiger partial charge in [0.05, 0.1) is 36.2 Å². The molecule has 1 aromatic rings. The molecule has 120 valence electrons. The highest BCUT2D eigenvalue weighted by Crippen LogP contribution is 2.22. The summed E-state index contributed by atoms with van der Waals surface area (Å²) in [6.45, 7) is 1.83. The minimum atomic E-state index is -0.166. The zero-order valence-electron chi connectivity index (χ0n) is 12.2. The van der Waals surface area contributed by atoms with E-state index in [0.717, 1.165) is 30.8 Å². The Labute approximate surface area is 138 Å². The molecule has 6 nitrogen and oxygen atoms in total. The standard InChI is InChI=1S/C14H17Cl2N3O3/c1-22-14(21)9-2-4-19(5-3-9)8-12(20)18-13-11(16)6-10(15)7-17-13/h6-7,9H,2-5,8H2,1H3,(H,17,18,20)/p+1. The SMILES string of the molecule is COC(=O)C1CC[NH+](CC(=O)Nc2ncc(Cl)cc2Cl)CC1. The summed E-state index contributed by atoms with van der Waals surface area (Å²) < 4.78 is 4.75. The number of carbonyl (C=O) groups excluding carboxylic acids is 2. The number of amides is 1. The molecule has 0 spiro atoms. The van der Waals surface area contributed by atoms with Crippen LogP contribution in [-0.4, -0.2) is 43.6 Å². The molecule has 0 atom stereocenters. The molecule has 0 aliphatic carbocycles. The molecule has 8 heteroatoms. The van der Waals surface area contributed by atoms with Crippen molar-refractivity contribution in [1.29, 1.82) is 0 Å². The third-order valence-corrected chi connectivity index (χ3v) is 4.20. The number of likely N-dealkylation sites (tertiary alicyclic amines) is 1. The van der Waals surface area contributed by atoms with Crippen molar-refractivity contribution >= 4 is 40.9 Å². The lowest BCUT2D eigenvalue weighted by Gasteiger charge is -2.27. The first-order valence-corrected chi connectivity index (χ1v) is 7.77. The number of hydrogen-bond donors (Lipinski definition) is 2. The molecule has 0 saturated carbocycles. The summed E-state index contributed by atoms with van der Waals surface area (Å²) >= 11 is 11.7. The number of nitrogens with one attached hydrogen (secondary N) is 2. The van der Waals surface area contributed by atoms with Gasteiger partial charge in [-0.25, -0.2) is 4.98 Å². The van der Waals surface area contributed by atoms with Gasteiger partial charge >= 0.3 is 5.97 Å². The number of halogens is 2. The number of pyridine rings is 1. The number of quaternary nitrogens is 1. The van der Waals surface area contributed by atoms with Crippen LogP contribution in [0, 0.1) is 5.92 Å². The highest BCUT2D eigenvalue weighted by atomic mass is 35.5. The van der Waals surface area contributed by atoms with Crippen molar-refractivity contribution in [2.75, 3.05) is 32.1 Å². The van der Waals surface area contributed by atoms with Crippen molar-refractivity contribution in [2.45, 2.75) is 12.8 Å². The van der Waals surface area contributed by atoms with Gasteiger partial charge in [-0.2, -0.15) is 0 Å². The summed E-state index contributed by atoms with van der Waals surface area (Å²) in [4.78, 5) is 28.6. The van der Waals surface area contributed by atoms with E-state index in [-0.39, 0.29) is 17.8 Å². The minimum absolute atomic E-state index is 0.0517. The van der Waals surface area contributed by atoms with E-state index in [4.69, 9.17) is 27.9 Å². The molecule has 1 amide bonds. The fourth-order valence-electron chi connectivity index (χ4n) is 2.52. The largest absolute Gasteiger partial charge is 0.469 e. The molecule has 2 rings (SSSR count). The second-order valence-corrected chi connectivity index (χ2v) is 6.10. The second kappa shape index (κ2) is 7.76. The number of ether oxygens (including phenoxy) is 1. The second-order valence-electron chi connectivity index (χ2n) is 5.26. The van der Waals surface area contributed by atoms with Crippen LogP contribution >= 0.6 is 23.2 Å². The molecule has 0 unspecified atom stereocenters. The number of carbonyl (C=O) groups is 2. The molecule has 22 heavy (non-hydrogen) atoms. The maximum atomic E-state index is 12.0. The van der Waals surface area contributed by atoms with Crippen molar-refractivity contribution < 1.29 is 19.2 Å². The van der Waals surface area contributed by atoms with Crippen LogP contribution in [0.2, 0.25) is 10.0 Å². The summed E-state index contributed by atoms with van der Waals surface area (Å²) in [7, 11) is 1.40. The number of anilines is 1. The van der Waals surface area contributed by atoms with Crippen LogP contribution in [0.25, 0.3) is 0 Å². The molecule has 1 aliphatic rings. The third-order valence-electron chi connectivity index (χ3n) is 3.70. The molecule has 1 aromatic heterocycles. The van der Waals surface area contributed by atoms with Gasteiger partial charge in [-0.1, -0.05) is 23.2 Å². The summed E-state index contributed by atoms with van der Waals surface area (Å²) in [6, 6.07) is 1.53. The quantitative estimate of drug-likeness (QED) is 0.791. The van der Waals surface area contributed by atoms with Crippen LogP contribution in [0.5, 0.6) is 0 Å². The zero-order chi connectivity index (χ0) is 16.1. The smallest absolute Gasteiger partial charge is 0.309 e. The van der Waals surface area contributed by atoms with Crippen LogP contribution in [0.4, 0.5) is 5.82 Å². The lowest BCUT2D eigenvalue weighted by atomic mass is 9.97.